The molecule has 0 bridgehead atoms. The minimum atomic E-state index is -4.41. The lowest BCUT2D eigenvalue weighted by molar-refractivity contribution is -0.148. The number of carbonyl (C=O) groups excluding carboxylic acids is 1. The molecule has 2 aromatic heterocycles. The molecular formula is C30H38ClN6O9P. The quantitative estimate of drug-likeness (QED) is 0.0997. The fourth-order valence-electron chi connectivity index (χ4n) is 5.01. The van der Waals surface area contributed by atoms with E-state index in [1.807, 2.05) is 39.0 Å². The van der Waals surface area contributed by atoms with Crippen molar-refractivity contribution < 1.29 is 42.8 Å². The number of esters is 1. The van der Waals surface area contributed by atoms with Crippen LogP contribution in [-0.2, 0) is 23.4 Å². The number of ether oxygens (including phenoxy) is 3. The number of hydrogen-bond donors (Lipinski definition) is 4. The number of methoxy groups -OCH3 is 1. The number of aliphatic hydroxyl groups is 2. The summed E-state index contributed by atoms with van der Waals surface area (Å²) in [7, 11) is -3.04. The molecule has 15 nitrogen and oxygen atoms in total. The smallest absolute Gasteiger partial charge is 0.459 e. The molecule has 4 aromatic rings. The van der Waals surface area contributed by atoms with E-state index in [1.165, 1.54) is 25.5 Å². The van der Waals surface area contributed by atoms with Crippen molar-refractivity contribution in [3.63, 3.8) is 0 Å². The molecule has 0 amide bonds. The lowest BCUT2D eigenvalue weighted by Gasteiger charge is -2.28. The first kappa shape index (κ1) is 34.8. The van der Waals surface area contributed by atoms with Gasteiger partial charge in [0, 0.05) is 5.39 Å². The maximum Gasteiger partial charge on any atom is 0.459 e. The van der Waals surface area contributed by atoms with Gasteiger partial charge in [0.15, 0.2) is 17.4 Å². The van der Waals surface area contributed by atoms with Crippen LogP contribution < -0.4 is 20.1 Å². The second kappa shape index (κ2) is 13.2. The van der Waals surface area contributed by atoms with Crippen molar-refractivity contribution in [2.24, 2.45) is 5.41 Å². The second-order valence-corrected chi connectivity index (χ2v) is 14.6. The summed E-state index contributed by atoms with van der Waals surface area (Å²) in [5.74, 6) is -0.574. The van der Waals surface area contributed by atoms with Gasteiger partial charge in [0.2, 0.25) is 17.1 Å². The van der Waals surface area contributed by atoms with Crippen LogP contribution in [0.15, 0.2) is 42.5 Å². The average molecular weight is 693 g/mol. The summed E-state index contributed by atoms with van der Waals surface area (Å²) in [5.41, 5.74) is 3.78. The van der Waals surface area contributed by atoms with E-state index >= 15 is 0 Å². The third-order valence-corrected chi connectivity index (χ3v) is 9.29. The Morgan fingerprint density at radius 2 is 1.91 bits per heavy atom. The number of nitrogens with two attached hydrogens (primary N) is 1. The van der Waals surface area contributed by atoms with E-state index in [-0.39, 0.29) is 46.0 Å². The molecule has 0 spiro atoms. The Balaban J connectivity index is 1.42. The van der Waals surface area contributed by atoms with Crippen molar-refractivity contribution in [2.45, 2.75) is 64.7 Å². The van der Waals surface area contributed by atoms with Gasteiger partial charge >= 0.3 is 13.7 Å². The fraction of sp³-hybridized carbons (Fsp3) is 0.467. The van der Waals surface area contributed by atoms with Crippen molar-refractivity contribution in [1.82, 2.24) is 24.6 Å². The van der Waals surface area contributed by atoms with E-state index in [1.54, 1.807) is 24.3 Å². The van der Waals surface area contributed by atoms with Crippen molar-refractivity contribution in [3.8, 4) is 11.6 Å². The third-order valence-electron chi connectivity index (χ3n) is 7.39. The molecular weight excluding hydrogens is 655 g/mol. The molecule has 17 heteroatoms. The van der Waals surface area contributed by atoms with Crippen LogP contribution in [0.25, 0.3) is 21.9 Å². The molecule has 2 unspecified atom stereocenters. The van der Waals surface area contributed by atoms with Crippen LogP contribution in [-0.4, -0.2) is 79.9 Å². The number of fused-ring (bicyclic) bond motifs is 2. The van der Waals surface area contributed by atoms with Crippen LogP contribution in [0.1, 0.15) is 40.8 Å². The minimum absolute atomic E-state index is 0.0407. The van der Waals surface area contributed by atoms with Crippen molar-refractivity contribution in [1.29, 1.82) is 0 Å². The van der Waals surface area contributed by atoms with Gasteiger partial charge in [-0.15, -0.1) is 0 Å². The van der Waals surface area contributed by atoms with Crippen LogP contribution >= 0.6 is 19.3 Å². The molecule has 1 aliphatic rings. The summed E-state index contributed by atoms with van der Waals surface area (Å²) in [4.78, 5) is 25.2. The summed E-state index contributed by atoms with van der Waals surface area (Å²) in [6, 6.07) is 11.4. The number of benzene rings is 2. The van der Waals surface area contributed by atoms with Crippen LogP contribution in [0.4, 0.5) is 5.95 Å². The van der Waals surface area contributed by atoms with Gasteiger partial charge in [-0.05, 0) is 42.3 Å². The van der Waals surface area contributed by atoms with Crippen LogP contribution in [0.3, 0.4) is 0 Å². The van der Waals surface area contributed by atoms with Gasteiger partial charge in [-0.25, -0.2) is 9.55 Å². The third kappa shape index (κ3) is 7.31. The van der Waals surface area contributed by atoms with E-state index in [4.69, 9.17) is 40.6 Å². The SMILES string of the molecule is COc1nc(N)nc2c1nc(Cl)n2[C@@H]1O[C@H](COP(=O)(NC(C)C(=O)OCC(C)(C)C)Oc2cccc3ccccc23)[C@@H](O)[C@@]1(C)O. The lowest BCUT2D eigenvalue weighted by atomic mass is 9.96. The lowest BCUT2D eigenvalue weighted by Crippen LogP contribution is -2.44. The summed E-state index contributed by atoms with van der Waals surface area (Å²) in [5, 5.41) is 26.6. The molecule has 0 saturated carbocycles. The molecule has 47 heavy (non-hydrogen) atoms. The van der Waals surface area contributed by atoms with Gasteiger partial charge in [0.25, 0.3) is 0 Å². The van der Waals surface area contributed by atoms with E-state index in [0.29, 0.717) is 5.39 Å². The van der Waals surface area contributed by atoms with Gasteiger partial charge in [0.1, 0.15) is 29.6 Å². The van der Waals surface area contributed by atoms with Gasteiger partial charge in [-0.1, -0.05) is 57.2 Å². The van der Waals surface area contributed by atoms with Crippen molar-refractivity contribution in [3.05, 3.63) is 47.7 Å². The highest BCUT2D eigenvalue weighted by molar-refractivity contribution is 7.52. The number of aromatic nitrogens is 4. The molecule has 2 aromatic carbocycles. The number of carbonyl (C=O) groups is 1. The number of imidazole rings is 1. The van der Waals surface area contributed by atoms with E-state index in [2.05, 4.69) is 20.0 Å². The largest absolute Gasteiger partial charge is 0.479 e. The Morgan fingerprint density at radius 1 is 1.21 bits per heavy atom. The number of nitrogens with one attached hydrogen (secondary N) is 1. The van der Waals surface area contributed by atoms with Crippen molar-refractivity contribution in [2.75, 3.05) is 26.1 Å². The molecule has 1 aliphatic heterocycles. The Morgan fingerprint density at radius 3 is 2.62 bits per heavy atom. The van der Waals surface area contributed by atoms with Gasteiger partial charge in [0.05, 0.1) is 20.3 Å². The summed E-state index contributed by atoms with van der Waals surface area (Å²) in [6.07, 6.45) is -4.23. The Hall–Kier alpha value is -3.56. The molecule has 5 rings (SSSR count). The van der Waals surface area contributed by atoms with Gasteiger partial charge < -0.3 is 34.7 Å². The van der Waals surface area contributed by atoms with Gasteiger partial charge in [-0.3, -0.25) is 13.9 Å². The molecule has 0 aliphatic carbocycles. The Bertz CT molecular complexity index is 1830. The molecule has 1 fully saturated rings. The molecule has 3 heterocycles. The number of rotatable bonds is 11. The molecule has 254 valence electrons. The van der Waals surface area contributed by atoms with E-state index in [0.717, 1.165) is 5.39 Å². The number of halogens is 1. The van der Waals surface area contributed by atoms with E-state index in [9.17, 15) is 19.6 Å². The normalized spacial score (nSPS) is 23.5. The predicted octanol–water partition coefficient (Wildman–Crippen LogP) is 4.00. The highest BCUT2D eigenvalue weighted by Crippen LogP contribution is 2.49. The predicted molar refractivity (Wildman–Crippen MR) is 173 cm³/mol. The zero-order valence-electron chi connectivity index (χ0n) is 26.7. The minimum Gasteiger partial charge on any atom is -0.479 e. The summed E-state index contributed by atoms with van der Waals surface area (Å²) < 4.78 is 44.1. The highest BCUT2D eigenvalue weighted by Gasteiger charge is 2.55. The topological polar surface area (TPSA) is 202 Å². The number of hydrogen-bond acceptors (Lipinski definition) is 13. The van der Waals surface area contributed by atoms with Gasteiger partial charge in [-0.2, -0.15) is 15.1 Å². The Kier molecular flexibility index (Phi) is 9.73. The highest BCUT2D eigenvalue weighted by atomic mass is 35.5. The van der Waals surface area contributed by atoms with Crippen LogP contribution in [0, 0.1) is 5.41 Å². The molecule has 6 atom stereocenters. The van der Waals surface area contributed by atoms with Crippen LogP contribution in [0.5, 0.6) is 11.6 Å². The number of aliphatic hydroxyl groups excluding tert-OH is 1. The molecule has 1 saturated heterocycles. The number of nitrogens with zero attached hydrogens (tertiary/aromatic N) is 4. The van der Waals surface area contributed by atoms with E-state index < -0.39 is 50.4 Å². The first-order chi connectivity index (χ1) is 22.0. The standard InChI is InChI=1S/C30H38ClN6O9P/c1-16(25(39)43-15-29(2,3)4)36-47(41,46-19-13-9-11-17-10-7-8-12-18(17)19)44-14-20-22(38)30(5,40)26(45-20)37-23-21(33-27(37)31)24(42-6)35-28(32)34-23/h7-13,16,20,22,26,38,40H,14-15H2,1-6H3,(H,36,41)(H2,32,34,35)/t16?,20-,22-,26-,30-,47?/m1/s1. The maximum absolute atomic E-state index is 14.4. The van der Waals surface area contributed by atoms with Crippen molar-refractivity contribution >= 4 is 53.2 Å². The zero-order chi connectivity index (χ0) is 34.3. The summed E-state index contributed by atoms with van der Waals surface area (Å²) >= 11 is 6.45. The zero-order valence-corrected chi connectivity index (χ0v) is 28.4. The number of anilines is 1. The molecule has 0 radical (unpaired) electrons. The fourth-order valence-corrected chi connectivity index (χ4v) is 6.78. The first-order valence-electron chi connectivity index (χ1n) is 14.7. The summed E-state index contributed by atoms with van der Waals surface area (Å²) in [6.45, 7) is 8.07. The second-order valence-electron chi connectivity index (χ2n) is 12.6. The average Bonchev–Trinajstić information content (AvgIpc) is 3.44. The number of nitrogen functional groups attached to an aromatic ring is 1. The first-order valence-corrected chi connectivity index (χ1v) is 16.6. The monoisotopic (exact) mass is 692 g/mol. The molecule has 5 N–H and O–H groups in total. The maximum atomic E-state index is 14.4. The Labute approximate surface area is 275 Å². The van der Waals surface area contributed by atoms with Crippen LogP contribution in [0.2, 0.25) is 5.28 Å².